The van der Waals surface area contributed by atoms with Gasteiger partial charge in [0.25, 0.3) is 0 Å². The zero-order chi connectivity index (χ0) is 14.8. The van der Waals surface area contributed by atoms with E-state index >= 15 is 0 Å². The van der Waals surface area contributed by atoms with Crippen LogP contribution in [0, 0.1) is 6.92 Å². The fraction of sp³-hybridized carbons (Fsp3) is 0.333. The number of anilines is 1. The first-order chi connectivity index (χ1) is 10.2. The Labute approximate surface area is 127 Å². The van der Waals surface area contributed by atoms with Gasteiger partial charge in [-0.15, -0.1) is 11.8 Å². The molecule has 1 atom stereocenters. The lowest BCUT2D eigenvalue weighted by Gasteiger charge is -2.18. The molecule has 0 unspecified atom stereocenters. The highest BCUT2D eigenvalue weighted by atomic mass is 32.2. The molecule has 21 heavy (non-hydrogen) atoms. The number of H-pyrrole nitrogens is 1. The van der Waals surface area contributed by atoms with Gasteiger partial charge in [-0.2, -0.15) is 5.10 Å². The molecule has 5 nitrogen and oxygen atoms in total. The van der Waals surface area contributed by atoms with Crippen LogP contribution >= 0.6 is 11.8 Å². The Bertz CT molecular complexity index is 669. The summed E-state index contributed by atoms with van der Waals surface area (Å²) in [5, 5.41) is 10.0. The highest BCUT2D eigenvalue weighted by Crippen LogP contribution is 2.45. The largest absolute Gasteiger partial charge is 0.494 e. The van der Waals surface area contributed by atoms with Gasteiger partial charge >= 0.3 is 0 Å². The molecule has 110 valence electrons. The Balaban J connectivity index is 2.10. The van der Waals surface area contributed by atoms with E-state index in [-0.39, 0.29) is 11.2 Å². The molecule has 0 fully saturated rings. The second kappa shape index (κ2) is 5.81. The molecule has 0 aliphatic carbocycles. The molecule has 2 N–H and O–H groups in total. The Morgan fingerprint density at radius 2 is 2.24 bits per heavy atom. The average Bonchev–Trinajstić information content (AvgIpc) is 2.74. The fourth-order valence-electron chi connectivity index (χ4n) is 2.49. The number of carbonyl (C=O) groups is 1. The number of hydrogen-bond acceptors (Lipinski definition) is 4. The minimum atomic E-state index is -0.0239. The number of nitrogens with one attached hydrogen (secondary N) is 2. The quantitative estimate of drug-likeness (QED) is 0.915. The monoisotopic (exact) mass is 303 g/mol. The van der Waals surface area contributed by atoms with E-state index in [9.17, 15) is 4.79 Å². The van der Waals surface area contributed by atoms with Gasteiger partial charge in [0.2, 0.25) is 5.91 Å². The summed E-state index contributed by atoms with van der Waals surface area (Å²) in [4.78, 5) is 11.8. The number of amides is 1. The Morgan fingerprint density at radius 3 is 3.05 bits per heavy atom. The fourth-order valence-corrected chi connectivity index (χ4v) is 3.71. The van der Waals surface area contributed by atoms with Crippen LogP contribution in [0.1, 0.15) is 29.0 Å². The molecule has 0 spiro atoms. The number of hydrogen-bond donors (Lipinski definition) is 2. The van der Waals surface area contributed by atoms with Gasteiger partial charge in [0.1, 0.15) is 5.75 Å². The highest BCUT2D eigenvalue weighted by molar-refractivity contribution is 8.00. The van der Waals surface area contributed by atoms with Crippen LogP contribution in [-0.2, 0) is 4.79 Å². The van der Waals surface area contributed by atoms with Gasteiger partial charge in [0.15, 0.2) is 5.82 Å². The third-order valence-electron chi connectivity index (χ3n) is 3.40. The molecule has 1 aromatic carbocycles. The molecular weight excluding hydrogens is 286 g/mol. The van der Waals surface area contributed by atoms with Crippen molar-refractivity contribution < 1.29 is 9.53 Å². The normalized spacial score (nSPS) is 17.8. The Morgan fingerprint density at radius 1 is 1.43 bits per heavy atom. The van der Waals surface area contributed by atoms with E-state index in [0.717, 1.165) is 22.6 Å². The maximum absolute atomic E-state index is 11.8. The zero-order valence-electron chi connectivity index (χ0n) is 12.0. The van der Waals surface area contributed by atoms with E-state index in [0.29, 0.717) is 18.2 Å². The summed E-state index contributed by atoms with van der Waals surface area (Å²) in [5.74, 6) is 1.86. The lowest BCUT2D eigenvalue weighted by Crippen LogP contribution is -2.12. The molecule has 1 aromatic heterocycles. The number of thioether (sulfide) groups is 1. The molecule has 6 heteroatoms. The third kappa shape index (κ3) is 2.63. The summed E-state index contributed by atoms with van der Waals surface area (Å²) >= 11 is 1.59. The minimum Gasteiger partial charge on any atom is -0.494 e. The van der Waals surface area contributed by atoms with Gasteiger partial charge in [-0.1, -0.05) is 18.2 Å². The predicted molar refractivity (Wildman–Crippen MR) is 83.9 cm³/mol. The first-order valence-corrected chi connectivity index (χ1v) is 7.93. The summed E-state index contributed by atoms with van der Waals surface area (Å²) in [7, 11) is 0. The van der Waals surface area contributed by atoms with Crippen molar-refractivity contribution in [2.24, 2.45) is 0 Å². The van der Waals surface area contributed by atoms with Crippen molar-refractivity contribution >= 4 is 23.5 Å². The van der Waals surface area contributed by atoms with Crippen molar-refractivity contribution in [2.45, 2.75) is 19.1 Å². The van der Waals surface area contributed by atoms with Crippen molar-refractivity contribution in [1.82, 2.24) is 10.2 Å². The second-order valence-electron chi connectivity index (χ2n) is 4.82. The molecule has 0 radical (unpaired) electrons. The zero-order valence-corrected chi connectivity index (χ0v) is 12.8. The topological polar surface area (TPSA) is 67.0 Å². The molecule has 0 saturated heterocycles. The van der Waals surface area contributed by atoms with E-state index in [1.165, 1.54) is 0 Å². The average molecular weight is 303 g/mol. The van der Waals surface area contributed by atoms with Crippen molar-refractivity contribution in [2.75, 3.05) is 17.7 Å². The molecule has 1 amide bonds. The number of aromatic amines is 1. The van der Waals surface area contributed by atoms with Crippen molar-refractivity contribution in [1.29, 1.82) is 0 Å². The summed E-state index contributed by atoms with van der Waals surface area (Å²) in [6.45, 7) is 4.56. The SMILES string of the molecule is CCOc1ccccc1[C@H]1SCC(=O)Nc2n[nH]c(C)c21. The first-order valence-electron chi connectivity index (χ1n) is 6.88. The van der Waals surface area contributed by atoms with Crippen molar-refractivity contribution in [3.05, 3.63) is 41.1 Å². The van der Waals surface area contributed by atoms with Gasteiger partial charge < -0.3 is 10.1 Å². The molecule has 3 rings (SSSR count). The smallest absolute Gasteiger partial charge is 0.235 e. The van der Waals surface area contributed by atoms with Crippen LogP contribution in [0.2, 0.25) is 0 Å². The van der Waals surface area contributed by atoms with Crippen LogP contribution in [0.25, 0.3) is 0 Å². The number of benzene rings is 1. The predicted octanol–water partition coefficient (Wildman–Crippen LogP) is 2.89. The van der Waals surface area contributed by atoms with E-state index in [1.807, 2.05) is 32.0 Å². The van der Waals surface area contributed by atoms with Crippen LogP contribution in [0.3, 0.4) is 0 Å². The Hall–Kier alpha value is -1.95. The number of nitrogens with zero attached hydrogens (tertiary/aromatic N) is 1. The van der Waals surface area contributed by atoms with Crippen molar-refractivity contribution in [3.63, 3.8) is 0 Å². The molecule has 1 aliphatic rings. The lowest BCUT2D eigenvalue weighted by atomic mass is 10.0. The minimum absolute atomic E-state index is 0.0239. The number of ether oxygens (including phenoxy) is 1. The third-order valence-corrected chi connectivity index (χ3v) is 4.65. The van der Waals surface area contributed by atoms with Gasteiger partial charge in [-0.05, 0) is 19.9 Å². The number of carbonyl (C=O) groups excluding carboxylic acids is 1. The number of aromatic nitrogens is 2. The first kappa shape index (κ1) is 14.0. The number of fused-ring (bicyclic) bond motifs is 1. The van der Waals surface area contributed by atoms with E-state index in [1.54, 1.807) is 11.8 Å². The lowest BCUT2D eigenvalue weighted by molar-refractivity contribution is -0.113. The highest BCUT2D eigenvalue weighted by Gasteiger charge is 2.29. The molecule has 2 aromatic rings. The molecule has 2 heterocycles. The van der Waals surface area contributed by atoms with E-state index < -0.39 is 0 Å². The van der Waals surface area contributed by atoms with Crippen molar-refractivity contribution in [3.8, 4) is 5.75 Å². The van der Waals surface area contributed by atoms with Gasteiger partial charge in [0, 0.05) is 16.8 Å². The van der Waals surface area contributed by atoms with Gasteiger partial charge in [-0.25, -0.2) is 0 Å². The number of aryl methyl sites for hydroxylation is 1. The van der Waals surface area contributed by atoms with Crippen LogP contribution < -0.4 is 10.1 Å². The van der Waals surface area contributed by atoms with Gasteiger partial charge in [0.05, 0.1) is 17.6 Å². The van der Waals surface area contributed by atoms with E-state index in [4.69, 9.17) is 4.74 Å². The molecular formula is C15H17N3O2S. The maximum atomic E-state index is 11.8. The maximum Gasteiger partial charge on any atom is 0.235 e. The van der Waals surface area contributed by atoms with Crippen LogP contribution in [0.5, 0.6) is 5.75 Å². The van der Waals surface area contributed by atoms with Crippen LogP contribution in [0.15, 0.2) is 24.3 Å². The molecule has 0 saturated carbocycles. The van der Waals surface area contributed by atoms with Gasteiger partial charge in [-0.3, -0.25) is 9.89 Å². The summed E-state index contributed by atoms with van der Waals surface area (Å²) in [6, 6.07) is 7.97. The molecule has 1 aliphatic heterocycles. The molecule has 0 bridgehead atoms. The standard InChI is InChI=1S/C15H17N3O2S/c1-3-20-11-7-5-4-6-10(11)14-13-9(2)17-18-15(13)16-12(19)8-21-14/h4-7,14H,3,8H2,1-2H3,(H2,16,17,18,19)/t14-/m1/s1. The Kier molecular flexibility index (Phi) is 3.88. The number of para-hydroxylation sites is 1. The number of rotatable bonds is 3. The van der Waals surface area contributed by atoms with E-state index in [2.05, 4.69) is 21.6 Å². The summed E-state index contributed by atoms with van der Waals surface area (Å²) < 4.78 is 5.74. The summed E-state index contributed by atoms with van der Waals surface area (Å²) in [5.41, 5.74) is 3.07. The van der Waals surface area contributed by atoms with Crippen LogP contribution in [-0.4, -0.2) is 28.5 Å². The van der Waals surface area contributed by atoms with Crippen LogP contribution in [0.4, 0.5) is 5.82 Å². The summed E-state index contributed by atoms with van der Waals surface area (Å²) in [6.07, 6.45) is 0. The second-order valence-corrected chi connectivity index (χ2v) is 5.91.